The van der Waals surface area contributed by atoms with Crippen molar-refractivity contribution in [1.29, 1.82) is 0 Å². The second kappa shape index (κ2) is 22.0. The summed E-state index contributed by atoms with van der Waals surface area (Å²) >= 11 is 9.92. The van der Waals surface area contributed by atoms with Gasteiger partial charge in [0.1, 0.15) is 11.3 Å². The lowest BCUT2D eigenvalue weighted by Crippen LogP contribution is -2.32. The number of ether oxygens (including phenoxy) is 1. The maximum atomic E-state index is 6.46. The van der Waals surface area contributed by atoms with Crippen LogP contribution in [-0.2, 0) is 13.1 Å². The van der Waals surface area contributed by atoms with E-state index < -0.39 is 0 Å². The van der Waals surface area contributed by atoms with Crippen molar-refractivity contribution >= 4 is 50.2 Å². The normalized spacial score (nSPS) is 11.4. The molecule has 0 aliphatic carbocycles. The summed E-state index contributed by atoms with van der Waals surface area (Å²) in [6, 6.07) is 26.6. The van der Waals surface area contributed by atoms with Crippen LogP contribution in [0.2, 0.25) is 5.02 Å². The quantitative estimate of drug-likeness (QED) is 0.0932. The molecular formula is C43H58BrClN8O. The minimum Gasteiger partial charge on any atom is -0.497 e. The molecule has 1 N–H and O–H groups in total. The van der Waals surface area contributed by atoms with Crippen molar-refractivity contribution in [2.24, 2.45) is 0 Å². The van der Waals surface area contributed by atoms with Gasteiger partial charge in [-0.1, -0.05) is 79.5 Å². The highest BCUT2D eigenvalue weighted by molar-refractivity contribution is 9.10. The first-order valence-corrected chi connectivity index (χ1v) is 20.1. The van der Waals surface area contributed by atoms with Gasteiger partial charge in [-0.2, -0.15) is 0 Å². The Kier molecular flexibility index (Phi) is 17.6. The molecule has 9 nitrogen and oxygen atoms in total. The second-order valence-corrected chi connectivity index (χ2v) is 14.9. The van der Waals surface area contributed by atoms with Gasteiger partial charge in [0.25, 0.3) is 0 Å². The first kappa shape index (κ1) is 43.1. The largest absolute Gasteiger partial charge is 0.497 e. The number of benzene rings is 4. The number of nitrogens with one attached hydrogen (secondary N) is 1. The third kappa shape index (κ3) is 13.3. The van der Waals surface area contributed by atoms with Crippen LogP contribution in [0.1, 0.15) is 44.4 Å². The van der Waals surface area contributed by atoms with Crippen LogP contribution in [0.5, 0.6) is 5.75 Å². The van der Waals surface area contributed by atoms with E-state index in [1.807, 2.05) is 31.2 Å². The van der Waals surface area contributed by atoms with Gasteiger partial charge >= 0.3 is 0 Å². The summed E-state index contributed by atoms with van der Waals surface area (Å²) in [5, 5.41) is 12.7. The number of halogens is 2. The van der Waals surface area contributed by atoms with Gasteiger partial charge < -0.3 is 29.7 Å². The predicted octanol–water partition coefficient (Wildman–Crippen LogP) is 9.40. The summed E-state index contributed by atoms with van der Waals surface area (Å²) in [5.74, 6) is 1.21. The molecule has 0 fully saturated rings. The molecule has 4 aromatic carbocycles. The third-order valence-corrected chi connectivity index (χ3v) is 10.5. The summed E-state index contributed by atoms with van der Waals surface area (Å²) in [7, 11) is 5.99. The molecule has 5 rings (SSSR count). The molecule has 0 atom stereocenters. The van der Waals surface area contributed by atoms with Crippen molar-refractivity contribution in [3.63, 3.8) is 0 Å². The zero-order chi connectivity index (χ0) is 39.0. The van der Waals surface area contributed by atoms with E-state index in [2.05, 4.69) is 147 Å². The van der Waals surface area contributed by atoms with E-state index in [1.54, 1.807) is 7.11 Å². The van der Waals surface area contributed by atoms with Gasteiger partial charge in [-0.3, -0.25) is 0 Å². The van der Waals surface area contributed by atoms with Crippen LogP contribution in [0.3, 0.4) is 0 Å². The smallest absolute Gasteiger partial charge is 0.247 e. The molecule has 0 aliphatic rings. The van der Waals surface area contributed by atoms with E-state index in [1.165, 1.54) is 11.1 Å². The lowest BCUT2D eigenvalue weighted by atomic mass is 10.0. The maximum Gasteiger partial charge on any atom is 0.247 e. The van der Waals surface area contributed by atoms with E-state index >= 15 is 0 Å². The Bertz CT molecular complexity index is 1870. The highest BCUT2D eigenvalue weighted by Crippen LogP contribution is 2.34. The number of fused-ring (bicyclic) bond motifs is 1. The number of likely N-dealkylation sites (N-methyl/N-ethyl adjacent to an activating group) is 4. The summed E-state index contributed by atoms with van der Waals surface area (Å²) < 4.78 is 6.51. The van der Waals surface area contributed by atoms with E-state index in [4.69, 9.17) is 21.3 Å². The number of hydrogen-bond acceptors (Lipinski definition) is 9. The number of aromatic nitrogens is 3. The molecule has 0 radical (unpaired) electrons. The Hall–Kier alpha value is -3.64. The van der Waals surface area contributed by atoms with Crippen molar-refractivity contribution in [2.45, 2.75) is 47.7 Å². The third-order valence-electron chi connectivity index (χ3n) is 9.65. The molecular weight excluding hydrogens is 760 g/mol. The zero-order valence-corrected chi connectivity index (χ0v) is 35.7. The monoisotopic (exact) mass is 816 g/mol. The number of hydrogen-bond donors (Lipinski definition) is 1. The van der Waals surface area contributed by atoms with Crippen LogP contribution >= 0.6 is 27.5 Å². The Balaban J connectivity index is 0.000000321. The molecule has 0 unspecified atom stereocenters. The molecule has 0 saturated heterocycles. The number of anilines is 2. The fraction of sp³-hybridized carbons (Fsp3) is 0.419. The zero-order valence-electron chi connectivity index (χ0n) is 33.4. The van der Waals surface area contributed by atoms with E-state index in [-0.39, 0.29) is 0 Å². The molecule has 0 bridgehead atoms. The average molecular weight is 818 g/mol. The fourth-order valence-electron chi connectivity index (χ4n) is 6.17. The number of nitrogens with zero attached hydrogens (tertiary/aromatic N) is 7. The second-order valence-electron chi connectivity index (χ2n) is 13.6. The van der Waals surface area contributed by atoms with Crippen LogP contribution < -0.4 is 10.1 Å². The van der Waals surface area contributed by atoms with Gasteiger partial charge in [0.15, 0.2) is 0 Å². The van der Waals surface area contributed by atoms with Crippen LogP contribution in [0, 0.1) is 6.92 Å². The van der Waals surface area contributed by atoms with Gasteiger partial charge in [0, 0.05) is 60.0 Å². The first-order valence-electron chi connectivity index (χ1n) is 19.0. The molecule has 0 aliphatic heterocycles. The standard InChI is InChI=1S/C29H35ClN6O.C14H23BrN2/c1-6-36(7-2)15-14-35(4)19-21-8-10-23(11-9-21)31-29-32-28-20(3)16-22(17-27(28)33-34-29)25-18-24(37-5)12-13-26(25)30;1-4-17(5-2)11-10-16(3)12-13-6-8-14(15)9-7-13/h8-13,16-18H,6-7,14-15,19H2,1-5H3,(H,31,32,34);6-9H,4-5,10-12H2,1-3H3. The molecule has 0 amide bonds. The molecule has 0 spiro atoms. The van der Waals surface area contributed by atoms with Gasteiger partial charge in [0.2, 0.25) is 5.95 Å². The summed E-state index contributed by atoms with van der Waals surface area (Å²) in [6.45, 7) is 21.7. The minimum absolute atomic E-state index is 0.465. The van der Waals surface area contributed by atoms with Gasteiger partial charge in [0.05, 0.1) is 12.6 Å². The highest BCUT2D eigenvalue weighted by Gasteiger charge is 2.12. The molecule has 0 saturated carbocycles. The van der Waals surface area contributed by atoms with E-state index in [9.17, 15) is 0 Å². The van der Waals surface area contributed by atoms with E-state index in [0.29, 0.717) is 16.5 Å². The minimum atomic E-state index is 0.465. The lowest BCUT2D eigenvalue weighted by Gasteiger charge is -2.23. The summed E-state index contributed by atoms with van der Waals surface area (Å²) in [4.78, 5) is 14.4. The Morgan fingerprint density at radius 1 is 0.704 bits per heavy atom. The SMILES string of the molecule is CCN(CC)CCN(C)Cc1ccc(Br)cc1.CCN(CC)CCN(C)Cc1ccc(Nc2nnc3cc(-c4cc(OC)ccc4Cl)cc(C)c3n2)cc1. The van der Waals surface area contributed by atoms with Crippen molar-refractivity contribution in [3.8, 4) is 16.9 Å². The van der Waals surface area contributed by atoms with Crippen molar-refractivity contribution in [3.05, 3.63) is 105 Å². The van der Waals surface area contributed by atoms with Crippen LogP contribution in [0.15, 0.2) is 83.3 Å². The summed E-state index contributed by atoms with van der Waals surface area (Å²) in [6.07, 6.45) is 0. The molecule has 1 heterocycles. The molecule has 11 heteroatoms. The number of aryl methyl sites for hydroxylation is 1. The highest BCUT2D eigenvalue weighted by atomic mass is 79.9. The average Bonchev–Trinajstić information content (AvgIpc) is 3.18. The van der Waals surface area contributed by atoms with Gasteiger partial charge in [-0.05, 0) is 124 Å². The fourth-order valence-corrected chi connectivity index (χ4v) is 6.66. The maximum absolute atomic E-state index is 6.46. The lowest BCUT2D eigenvalue weighted by molar-refractivity contribution is 0.236. The van der Waals surface area contributed by atoms with Gasteiger partial charge in [-0.15, -0.1) is 10.2 Å². The van der Waals surface area contributed by atoms with Crippen LogP contribution in [0.4, 0.5) is 11.6 Å². The van der Waals surface area contributed by atoms with Crippen molar-refractivity contribution in [2.75, 3.05) is 78.9 Å². The Morgan fingerprint density at radius 3 is 1.80 bits per heavy atom. The van der Waals surface area contributed by atoms with Crippen LogP contribution in [0.25, 0.3) is 22.2 Å². The van der Waals surface area contributed by atoms with E-state index in [0.717, 1.165) is 104 Å². The number of methoxy groups -OCH3 is 1. The molecule has 54 heavy (non-hydrogen) atoms. The summed E-state index contributed by atoms with van der Waals surface area (Å²) in [5.41, 5.74) is 7.90. The van der Waals surface area contributed by atoms with Crippen molar-refractivity contribution < 1.29 is 4.74 Å². The number of rotatable bonds is 18. The topological polar surface area (TPSA) is 72.9 Å². The predicted molar refractivity (Wildman–Crippen MR) is 231 cm³/mol. The Morgan fingerprint density at radius 2 is 1.26 bits per heavy atom. The molecule has 5 aromatic rings. The van der Waals surface area contributed by atoms with Gasteiger partial charge in [-0.25, -0.2) is 4.98 Å². The molecule has 290 valence electrons. The first-order chi connectivity index (χ1) is 26.0. The van der Waals surface area contributed by atoms with Crippen LogP contribution in [-0.4, -0.2) is 108 Å². The molecule has 1 aromatic heterocycles. The van der Waals surface area contributed by atoms with Crippen molar-refractivity contribution in [1.82, 2.24) is 34.8 Å². The Labute approximate surface area is 336 Å².